The topological polar surface area (TPSA) is 243 Å². The molecular formula is C23H38N2O14. The Kier molecular flexibility index (Phi) is 12.2. The summed E-state index contributed by atoms with van der Waals surface area (Å²) in [6, 6.07) is -2.51. The number of amides is 2. The standard InChI is InChI=1S/C23H38N2O14/c1-5-6-36-21-16(25-11(3)28)19(33)18(32)14(38-21)9-37-23(22(34)35-4)7-12(29)15(24-10(2)27)20(39-23)17(31)13(30)8-26/h5,12-21,26,29-33H,1,6-9H2,2-4H3,(H,24,27)(H,25,28)/t12-,13-,14?,15-,16?,17-,18+,19?,20?,21+,23-/m1/s1. The van der Waals surface area contributed by atoms with Gasteiger partial charge in [0.15, 0.2) is 6.29 Å². The van der Waals surface area contributed by atoms with Crippen LogP contribution in [0.25, 0.3) is 0 Å². The van der Waals surface area contributed by atoms with Gasteiger partial charge in [0, 0.05) is 20.3 Å². The van der Waals surface area contributed by atoms with Crippen LogP contribution in [0.2, 0.25) is 0 Å². The molecule has 8 N–H and O–H groups in total. The Hall–Kier alpha value is -2.25. The molecule has 2 aliphatic rings. The first-order chi connectivity index (χ1) is 18.3. The van der Waals surface area contributed by atoms with Gasteiger partial charge >= 0.3 is 5.97 Å². The molecule has 224 valence electrons. The number of esters is 1. The number of carbonyl (C=O) groups excluding carboxylic acids is 3. The number of aliphatic hydroxyl groups excluding tert-OH is 6. The third kappa shape index (κ3) is 7.91. The number of carbonyl (C=O) groups is 3. The van der Waals surface area contributed by atoms with Crippen LogP contribution >= 0.6 is 0 Å². The molecule has 4 unspecified atom stereocenters. The van der Waals surface area contributed by atoms with E-state index in [0.717, 1.165) is 14.0 Å². The summed E-state index contributed by atoms with van der Waals surface area (Å²) in [5.41, 5.74) is 0. The molecule has 0 radical (unpaired) electrons. The van der Waals surface area contributed by atoms with Crippen LogP contribution in [0.5, 0.6) is 0 Å². The molecule has 2 fully saturated rings. The molecule has 0 bridgehead atoms. The van der Waals surface area contributed by atoms with Gasteiger partial charge in [-0.1, -0.05) is 6.08 Å². The highest BCUT2D eigenvalue weighted by molar-refractivity contribution is 5.78. The highest BCUT2D eigenvalue weighted by Crippen LogP contribution is 2.35. The van der Waals surface area contributed by atoms with Crippen molar-refractivity contribution in [1.82, 2.24) is 10.6 Å². The Morgan fingerprint density at radius 2 is 1.72 bits per heavy atom. The first-order valence-electron chi connectivity index (χ1n) is 12.1. The van der Waals surface area contributed by atoms with Crippen molar-refractivity contribution in [3.63, 3.8) is 0 Å². The van der Waals surface area contributed by atoms with Crippen LogP contribution in [0.1, 0.15) is 20.3 Å². The number of rotatable bonds is 12. The quantitative estimate of drug-likeness (QED) is 0.0819. The van der Waals surface area contributed by atoms with Crippen molar-refractivity contribution in [2.75, 3.05) is 26.9 Å². The lowest BCUT2D eigenvalue weighted by atomic mass is 9.88. The van der Waals surface area contributed by atoms with Gasteiger partial charge in [-0.05, 0) is 0 Å². The van der Waals surface area contributed by atoms with Crippen molar-refractivity contribution in [1.29, 1.82) is 0 Å². The molecule has 39 heavy (non-hydrogen) atoms. The minimum absolute atomic E-state index is 0.0458. The highest BCUT2D eigenvalue weighted by Gasteiger charge is 2.57. The Morgan fingerprint density at radius 3 is 2.26 bits per heavy atom. The molecule has 2 heterocycles. The monoisotopic (exact) mass is 566 g/mol. The van der Waals surface area contributed by atoms with Crippen LogP contribution in [0, 0.1) is 0 Å². The van der Waals surface area contributed by atoms with E-state index in [4.69, 9.17) is 23.7 Å². The summed E-state index contributed by atoms with van der Waals surface area (Å²) in [6.45, 7) is 4.20. The highest BCUT2D eigenvalue weighted by atomic mass is 16.8. The van der Waals surface area contributed by atoms with E-state index in [9.17, 15) is 45.0 Å². The van der Waals surface area contributed by atoms with Gasteiger partial charge < -0.3 is 65.0 Å². The lowest BCUT2D eigenvalue weighted by Crippen LogP contribution is -2.69. The smallest absolute Gasteiger partial charge is 0.366 e. The van der Waals surface area contributed by atoms with Crippen LogP contribution in [-0.2, 0) is 38.1 Å². The molecule has 0 aromatic rings. The first kappa shape index (κ1) is 33.0. The number of aliphatic hydroxyl groups is 6. The maximum atomic E-state index is 12.9. The van der Waals surface area contributed by atoms with Crippen LogP contribution in [0.3, 0.4) is 0 Å². The molecule has 2 aliphatic heterocycles. The molecule has 0 aromatic heterocycles. The molecule has 16 heteroatoms. The molecule has 0 aliphatic carbocycles. The van der Waals surface area contributed by atoms with E-state index in [2.05, 4.69) is 17.2 Å². The molecular weight excluding hydrogens is 528 g/mol. The van der Waals surface area contributed by atoms with E-state index < -0.39 is 104 Å². The first-order valence-corrected chi connectivity index (χ1v) is 12.1. The van der Waals surface area contributed by atoms with Gasteiger partial charge in [-0.15, -0.1) is 6.58 Å². The largest absolute Gasteiger partial charge is 0.465 e. The fourth-order valence-electron chi connectivity index (χ4n) is 4.40. The zero-order valence-corrected chi connectivity index (χ0v) is 21.8. The molecule has 2 amide bonds. The van der Waals surface area contributed by atoms with Crippen molar-refractivity contribution in [2.24, 2.45) is 0 Å². The maximum absolute atomic E-state index is 12.9. The number of ether oxygens (including phenoxy) is 5. The average molecular weight is 567 g/mol. The third-order valence-corrected chi connectivity index (χ3v) is 6.29. The number of nitrogens with one attached hydrogen (secondary N) is 2. The molecule has 16 nitrogen and oxygen atoms in total. The van der Waals surface area contributed by atoms with E-state index in [1.54, 1.807) is 0 Å². The summed E-state index contributed by atoms with van der Waals surface area (Å²) in [5.74, 6) is -4.80. The number of hydrogen-bond donors (Lipinski definition) is 8. The molecule has 0 saturated carbocycles. The van der Waals surface area contributed by atoms with E-state index in [1.807, 2.05) is 0 Å². The van der Waals surface area contributed by atoms with Crippen molar-refractivity contribution in [2.45, 2.75) is 87.2 Å². The van der Waals surface area contributed by atoms with Crippen molar-refractivity contribution >= 4 is 17.8 Å². The van der Waals surface area contributed by atoms with Gasteiger partial charge in [0.1, 0.15) is 42.7 Å². The predicted octanol–water partition coefficient (Wildman–Crippen LogP) is -4.61. The second-order valence-corrected chi connectivity index (χ2v) is 9.25. The van der Waals surface area contributed by atoms with Crippen LogP contribution in [0.15, 0.2) is 12.7 Å². The fourth-order valence-corrected chi connectivity index (χ4v) is 4.40. The molecule has 0 spiro atoms. The predicted molar refractivity (Wildman–Crippen MR) is 127 cm³/mol. The van der Waals surface area contributed by atoms with Gasteiger partial charge in [0.05, 0.1) is 39.1 Å². The lowest BCUT2D eigenvalue weighted by molar-refractivity contribution is -0.330. The van der Waals surface area contributed by atoms with Crippen LogP contribution in [-0.4, -0.2) is 142 Å². The normalized spacial score (nSPS) is 36.3. The van der Waals surface area contributed by atoms with E-state index in [1.165, 1.54) is 13.0 Å². The number of methoxy groups -OCH3 is 1. The average Bonchev–Trinajstić information content (AvgIpc) is 2.89. The zero-order chi connectivity index (χ0) is 29.5. The summed E-state index contributed by atoms with van der Waals surface area (Å²) in [4.78, 5) is 36.2. The minimum atomic E-state index is -2.45. The second-order valence-electron chi connectivity index (χ2n) is 9.25. The maximum Gasteiger partial charge on any atom is 0.366 e. The summed E-state index contributed by atoms with van der Waals surface area (Å²) in [6.07, 6.45) is -12.2. The summed E-state index contributed by atoms with van der Waals surface area (Å²) in [5, 5.41) is 66.8. The van der Waals surface area contributed by atoms with Gasteiger partial charge in [-0.3, -0.25) is 9.59 Å². The lowest BCUT2D eigenvalue weighted by Gasteiger charge is -2.48. The Morgan fingerprint density at radius 1 is 1.10 bits per heavy atom. The van der Waals surface area contributed by atoms with Gasteiger partial charge in [-0.25, -0.2) is 4.79 Å². The SMILES string of the molecule is C=CCO[C@H]1OC(CO[C@]2(C(=O)OC)C[C@@H](O)[C@@H](NC(C)=O)C([C@H](O)[C@H](O)CO)O2)[C@H](O)C(O)C1NC(C)=O. The van der Waals surface area contributed by atoms with Crippen molar-refractivity contribution in [3.05, 3.63) is 12.7 Å². The Labute approximate surface area is 224 Å². The molecule has 2 rings (SSSR count). The van der Waals surface area contributed by atoms with E-state index in [-0.39, 0.29) is 6.61 Å². The van der Waals surface area contributed by atoms with Gasteiger partial charge in [0.2, 0.25) is 11.8 Å². The molecule has 2 saturated heterocycles. The second kappa shape index (κ2) is 14.4. The van der Waals surface area contributed by atoms with Gasteiger partial charge in [0.25, 0.3) is 5.79 Å². The molecule has 0 aromatic carbocycles. The number of hydrogen-bond acceptors (Lipinski definition) is 14. The summed E-state index contributed by atoms with van der Waals surface area (Å²) >= 11 is 0. The Bertz CT molecular complexity index is 861. The fraction of sp³-hybridized carbons (Fsp3) is 0.783. The van der Waals surface area contributed by atoms with Crippen molar-refractivity contribution in [3.8, 4) is 0 Å². The van der Waals surface area contributed by atoms with Gasteiger partial charge in [-0.2, -0.15) is 0 Å². The van der Waals surface area contributed by atoms with Crippen molar-refractivity contribution < 1.29 is 68.7 Å². The zero-order valence-electron chi connectivity index (χ0n) is 21.8. The van der Waals surface area contributed by atoms with Crippen LogP contribution in [0.4, 0.5) is 0 Å². The summed E-state index contributed by atoms with van der Waals surface area (Å²) in [7, 11) is 0.990. The minimum Gasteiger partial charge on any atom is -0.465 e. The third-order valence-electron chi connectivity index (χ3n) is 6.29. The summed E-state index contributed by atoms with van der Waals surface area (Å²) < 4.78 is 27.3. The van der Waals surface area contributed by atoms with E-state index >= 15 is 0 Å². The molecule has 11 atom stereocenters. The van der Waals surface area contributed by atoms with Crippen LogP contribution < -0.4 is 10.6 Å². The van der Waals surface area contributed by atoms with E-state index in [0.29, 0.717) is 0 Å². The Balaban J connectivity index is 2.34.